The van der Waals surface area contributed by atoms with Gasteiger partial charge in [0.15, 0.2) is 5.82 Å². The van der Waals surface area contributed by atoms with Crippen molar-refractivity contribution >= 4 is 29.1 Å². The number of aromatic nitrogens is 3. The lowest BCUT2D eigenvalue weighted by atomic mass is 10.1. The van der Waals surface area contributed by atoms with Gasteiger partial charge in [-0.3, -0.25) is 0 Å². The average molecular weight is 340 g/mol. The van der Waals surface area contributed by atoms with Crippen molar-refractivity contribution in [1.82, 2.24) is 15.2 Å². The quantitative estimate of drug-likeness (QED) is 0.703. The Bertz CT molecular complexity index is 805. The van der Waals surface area contributed by atoms with Crippen molar-refractivity contribution in [2.45, 2.75) is 13.3 Å². The molecule has 0 unspecified atom stereocenters. The minimum Gasteiger partial charge on any atom is -0.353 e. The maximum Gasteiger partial charge on any atom is 0.244 e. The first-order chi connectivity index (χ1) is 11.7. The molecule has 1 heterocycles. The first-order valence-corrected chi connectivity index (χ1v) is 8.08. The molecule has 0 aliphatic carbocycles. The summed E-state index contributed by atoms with van der Waals surface area (Å²) in [7, 11) is 0. The van der Waals surface area contributed by atoms with E-state index in [4.69, 9.17) is 11.6 Å². The molecule has 2 aromatic carbocycles. The van der Waals surface area contributed by atoms with Crippen molar-refractivity contribution in [1.29, 1.82) is 0 Å². The molecular formula is C18H18ClN5. The minimum atomic E-state index is 0.495. The fraction of sp³-hybridized carbons (Fsp3) is 0.167. The molecule has 0 spiro atoms. The molecule has 24 heavy (non-hydrogen) atoms. The van der Waals surface area contributed by atoms with Gasteiger partial charge in [-0.2, -0.15) is 10.1 Å². The van der Waals surface area contributed by atoms with Crippen molar-refractivity contribution in [2.24, 2.45) is 0 Å². The van der Waals surface area contributed by atoms with Crippen LogP contribution in [0.2, 0.25) is 5.02 Å². The Hall–Kier alpha value is -2.66. The minimum absolute atomic E-state index is 0.495. The van der Waals surface area contributed by atoms with Crippen LogP contribution < -0.4 is 10.6 Å². The van der Waals surface area contributed by atoms with E-state index < -0.39 is 0 Å². The predicted octanol–water partition coefficient (Wildman–Crippen LogP) is 4.23. The van der Waals surface area contributed by atoms with Crippen LogP contribution in [0.1, 0.15) is 11.1 Å². The van der Waals surface area contributed by atoms with Gasteiger partial charge in [-0.25, -0.2) is 0 Å². The molecule has 0 amide bonds. The van der Waals surface area contributed by atoms with Crippen LogP contribution in [0.15, 0.2) is 54.7 Å². The van der Waals surface area contributed by atoms with Crippen molar-refractivity contribution in [2.75, 3.05) is 17.2 Å². The number of anilines is 3. The number of halogens is 1. The van der Waals surface area contributed by atoms with Crippen molar-refractivity contribution in [3.8, 4) is 0 Å². The summed E-state index contributed by atoms with van der Waals surface area (Å²) < 4.78 is 0. The average Bonchev–Trinajstić information content (AvgIpc) is 2.58. The number of hydrogen-bond donors (Lipinski definition) is 2. The molecule has 0 saturated heterocycles. The molecule has 0 saturated carbocycles. The van der Waals surface area contributed by atoms with Gasteiger partial charge in [0.1, 0.15) is 0 Å². The second kappa shape index (κ2) is 7.75. The lowest BCUT2D eigenvalue weighted by Crippen LogP contribution is -2.09. The van der Waals surface area contributed by atoms with Crippen molar-refractivity contribution in [3.05, 3.63) is 70.9 Å². The monoisotopic (exact) mass is 339 g/mol. The zero-order valence-electron chi connectivity index (χ0n) is 13.3. The highest BCUT2D eigenvalue weighted by Gasteiger charge is 2.02. The lowest BCUT2D eigenvalue weighted by molar-refractivity contribution is 0.929. The van der Waals surface area contributed by atoms with Crippen molar-refractivity contribution in [3.63, 3.8) is 0 Å². The highest BCUT2D eigenvalue weighted by Crippen LogP contribution is 2.15. The first kappa shape index (κ1) is 16.2. The summed E-state index contributed by atoms with van der Waals surface area (Å²) in [5.74, 6) is 1.15. The third-order valence-electron chi connectivity index (χ3n) is 3.47. The van der Waals surface area contributed by atoms with Gasteiger partial charge in [-0.1, -0.05) is 41.4 Å². The zero-order chi connectivity index (χ0) is 16.8. The van der Waals surface area contributed by atoms with Gasteiger partial charge in [-0.15, -0.1) is 5.10 Å². The molecule has 0 fully saturated rings. The highest BCUT2D eigenvalue weighted by atomic mass is 35.5. The van der Waals surface area contributed by atoms with Crippen LogP contribution in [-0.4, -0.2) is 21.7 Å². The molecule has 1 aromatic heterocycles. The molecule has 6 heteroatoms. The molecule has 5 nitrogen and oxygen atoms in total. The third-order valence-corrected chi connectivity index (χ3v) is 3.70. The van der Waals surface area contributed by atoms with Crippen LogP contribution in [0, 0.1) is 6.92 Å². The van der Waals surface area contributed by atoms with Crippen LogP contribution in [0.5, 0.6) is 0 Å². The molecule has 0 aliphatic heterocycles. The Balaban J connectivity index is 1.57. The summed E-state index contributed by atoms with van der Waals surface area (Å²) >= 11 is 5.98. The van der Waals surface area contributed by atoms with E-state index in [-0.39, 0.29) is 0 Å². The molecule has 3 aromatic rings. The van der Waals surface area contributed by atoms with Gasteiger partial charge >= 0.3 is 0 Å². The Morgan fingerprint density at radius 3 is 2.71 bits per heavy atom. The standard InChI is InChI=1S/C18H18ClN5/c1-13-5-7-16(8-6-13)22-17-12-21-24-18(23-17)20-10-9-14-3-2-4-15(19)11-14/h2-8,11-12H,9-10H2,1H3,(H2,20,22,23,24). The van der Waals surface area contributed by atoms with E-state index in [9.17, 15) is 0 Å². The van der Waals surface area contributed by atoms with E-state index in [2.05, 4.69) is 32.7 Å². The van der Waals surface area contributed by atoms with Gasteiger partial charge in [0.2, 0.25) is 5.95 Å². The number of hydrogen-bond acceptors (Lipinski definition) is 5. The Morgan fingerprint density at radius 2 is 1.92 bits per heavy atom. The topological polar surface area (TPSA) is 62.7 Å². The second-order valence-electron chi connectivity index (χ2n) is 5.46. The van der Waals surface area contributed by atoms with Gasteiger partial charge in [0.25, 0.3) is 0 Å². The maximum absolute atomic E-state index is 5.98. The predicted molar refractivity (Wildman–Crippen MR) is 97.9 cm³/mol. The van der Waals surface area contributed by atoms with E-state index in [1.165, 1.54) is 5.56 Å². The van der Waals surface area contributed by atoms with E-state index in [1.54, 1.807) is 6.20 Å². The van der Waals surface area contributed by atoms with E-state index in [0.717, 1.165) is 22.7 Å². The summed E-state index contributed by atoms with van der Waals surface area (Å²) in [6.07, 6.45) is 2.43. The smallest absolute Gasteiger partial charge is 0.244 e. The van der Waals surface area contributed by atoms with E-state index in [0.29, 0.717) is 18.3 Å². The molecule has 122 valence electrons. The van der Waals surface area contributed by atoms with Crippen LogP contribution in [-0.2, 0) is 6.42 Å². The number of aryl methyl sites for hydroxylation is 1. The number of benzene rings is 2. The summed E-state index contributed by atoms with van der Waals surface area (Å²) in [5, 5.41) is 15.1. The number of rotatable bonds is 6. The molecule has 2 N–H and O–H groups in total. The molecule has 0 aliphatic rings. The largest absolute Gasteiger partial charge is 0.353 e. The number of nitrogens with zero attached hydrogens (tertiary/aromatic N) is 3. The zero-order valence-corrected chi connectivity index (χ0v) is 14.1. The molecule has 0 atom stereocenters. The summed E-state index contributed by atoms with van der Waals surface area (Å²) in [6, 6.07) is 15.9. The SMILES string of the molecule is Cc1ccc(Nc2cnnc(NCCc3cccc(Cl)c3)n2)cc1. The lowest BCUT2D eigenvalue weighted by Gasteiger charge is -2.08. The molecule has 3 rings (SSSR count). The van der Waals surface area contributed by atoms with Crippen LogP contribution in [0.3, 0.4) is 0 Å². The van der Waals surface area contributed by atoms with Crippen LogP contribution in [0.4, 0.5) is 17.5 Å². The summed E-state index contributed by atoms with van der Waals surface area (Å²) in [5.41, 5.74) is 3.34. The molecular weight excluding hydrogens is 322 g/mol. The summed E-state index contributed by atoms with van der Waals surface area (Å²) in [4.78, 5) is 4.42. The fourth-order valence-electron chi connectivity index (χ4n) is 2.23. The fourth-order valence-corrected chi connectivity index (χ4v) is 2.45. The highest BCUT2D eigenvalue weighted by molar-refractivity contribution is 6.30. The van der Waals surface area contributed by atoms with Gasteiger partial charge < -0.3 is 10.6 Å². The van der Waals surface area contributed by atoms with Gasteiger partial charge in [0.05, 0.1) is 6.20 Å². The second-order valence-corrected chi connectivity index (χ2v) is 5.90. The van der Waals surface area contributed by atoms with E-state index in [1.807, 2.05) is 48.5 Å². The van der Waals surface area contributed by atoms with Gasteiger partial charge in [-0.05, 0) is 43.2 Å². The molecule has 0 radical (unpaired) electrons. The van der Waals surface area contributed by atoms with Crippen LogP contribution >= 0.6 is 11.6 Å². The van der Waals surface area contributed by atoms with Crippen molar-refractivity contribution < 1.29 is 0 Å². The Morgan fingerprint density at radius 1 is 1.08 bits per heavy atom. The molecule has 0 bridgehead atoms. The summed E-state index contributed by atoms with van der Waals surface area (Å²) in [6.45, 7) is 2.76. The van der Waals surface area contributed by atoms with E-state index >= 15 is 0 Å². The first-order valence-electron chi connectivity index (χ1n) is 7.71. The van der Waals surface area contributed by atoms with Gasteiger partial charge in [0, 0.05) is 17.3 Å². The Labute approximate surface area is 146 Å². The maximum atomic E-state index is 5.98. The van der Waals surface area contributed by atoms with Crippen LogP contribution in [0.25, 0.3) is 0 Å². The normalized spacial score (nSPS) is 10.4. The number of nitrogens with one attached hydrogen (secondary N) is 2. The Kier molecular flexibility index (Phi) is 5.23. The third kappa shape index (κ3) is 4.67.